The number of carbonyl (C=O) groups is 1. The largest absolute Gasteiger partial charge is 0.347 e. The molecule has 7 nitrogen and oxygen atoms in total. The third kappa shape index (κ3) is 2.37. The Morgan fingerprint density at radius 3 is 2.86 bits per heavy atom. The van der Waals surface area contributed by atoms with Gasteiger partial charge in [-0.2, -0.15) is 0 Å². The number of hydrogen-bond donors (Lipinski definition) is 1. The number of carbonyl (C=O) groups excluding carboxylic acids is 1. The normalized spacial score (nSPS) is 21.9. The monoisotopic (exact) mass is 300 g/mol. The van der Waals surface area contributed by atoms with E-state index in [1.807, 2.05) is 0 Å². The van der Waals surface area contributed by atoms with Crippen molar-refractivity contribution in [3.8, 4) is 0 Å². The summed E-state index contributed by atoms with van der Waals surface area (Å²) in [5.41, 5.74) is 0.954. The predicted molar refractivity (Wildman–Crippen MR) is 80.6 cm³/mol. The van der Waals surface area contributed by atoms with E-state index in [9.17, 15) is 4.79 Å². The third-order valence-electron chi connectivity index (χ3n) is 4.17. The highest BCUT2D eigenvalue weighted by Crippen LogP contribution is 2.39. The van der Waals surface area contributed by atoms with E-state index in [2.05, 4.69) is 24.8 Å². The topological polar surface area (TPSA) is 78.0 Å². The fourth-order valence-electron chi connectivity index (χ4n) is 3.19. The average molecular weight is 300 g/mol. The van der Waals surface area contributed by atoms with Gasteiger partial charge in [-0.25, -0.2) is 4.98 Å². The van der Waals surface area contributed by atoms with Crippen LogP contribution in [0.3, 0.4) is 0 Å². The van der Waals surface area contributed by atoms with Gasteiger partial charge in [0.15, 0.2) is 0 Å². The Balaban J connectivity index is 2.02. The number of nitrogens with one attached hydrogen (secondary N) is 1. The molecule has 2 aromatic heterocycles. The molecule has 1 aliphatic heterocycles. The van der Waals surface area contributed by atoms with Crippen molar-refractivity contribution in [2.75, 3.05) is 20.6 Å². The molecule has 1 saturated heterocycles. The molecule has 0 aliphatic carbocycles. The van der Waals surface area contributed by atoms with Crippen LogP contribution in [0.2, 0.25) is 0 Å². The fourth-order valence-corrected chi connectivity index (χ4v) is 3.19. The van der Waals surface area contributed by atoms with Gasteiger partial charge in [-0.15, -0.1) is 0 Å². The number of imidazole rings is 1. The molecule has 116 valence electrons. The molecule has 1 atom stereocenters. The minimum atomic E-state index is -0.747. The van der Waals surface area contributed by atoms with Crippen molar-refractivity contribution in [2.24, 2.45) is 0 Å². The zero-order chi connectivity index (χ0) is 15.6. The lowest BCUT2D eigenvalue weighted by Crippen LogP contribution is -2.52. The maximum atomic E-state index is 13.0. The Morgan fingerprint density at radius 1 is 1.36 bits per heavy atom. The zero-order valence-electron chi connectivity index (χ0n) is 12.9. The van der Waals surface area contributed by atoms with E-state index in [-0.39, 0.29) is 5.91 Å². The summed E-state index contributed by atoms with van der Waals surface area (Å²) in [4.78, 5) is 32.6. The molecule has 0 unspecified atom stereocenters. The number of aromatic amines is 1. The van der Waals surface area contributed by atoms with Gasteiger partial charge in [0.2, 0.25) is 5.91 Å². The summed E-state index contributed by atoms with van der Waals surface area (Å²) in [6.45, 7) is 1.48. The van der Waals surface area contributed by atoms with Gasteiger partial charge in [0.25, 0.3) is 0 Å². The molecule has 0 aromatic carbocycles. The van der Waals surface area contributed by atoms with Crippen LogP contribution in [0.1, 0.15) is 24.2 Å². The minimum absolute atomic E-state index is 0.0463. The molecular formula is C15H20N6O. The van der Waals surface area contributed by atoms with Crippen LogP contribution in [0.4, 0.5) is 0 Å². The molecule has 0 saturated carbocycles. The standard InChI is InChI=1S/C15H20N6O/c1-20(2)14(22)15(13-9-16-5-6-18-13)4-3-7-21(15)10-12-8-17-11-19-12/h5-6,8-9,11H,3-4,7,10H2,1-2H3,(H,17,19)/t15-/m1/s1. The molecular weight excluding hydrogens is 280 g/mol. The smallest absolute Gasteiger partial charge is 0.248 e. The molecule has 1 amide bonds. The first-order valence-electron chi connectivity index (χ1n) is 7.35. The number of nitrogens with zero attached hydrogens (tertiary/aromatic N) is 5. The van der Waals surface area contributed by atoms with E-state index >= 15 is 0 Å². The number of likely N-dealkylation sites (N-methyl/N-ethyl adjacent to an activating group) is 1. The summed E-state index contributed by atoms with van der Waals surface area (Å²) >= 11 is 0. The molecule has 22 heavy (non-hydrogen) atoms. The van der Waals surface area contributed by atoms with Crippen LogP contribution in [0.25, 0.3) is 0 Å². The maximum Gasteiger partial charge on any atom is 0.248 e. The zero-order valence-corrected chi connectivity index (χ0v) is 12.9. The van der Waals surface area contributed by atoms with Crippen molar-refractivity contribution < 1.29 is 4.79 Å². The Labute approximate surface area is 129 Å². The Hall–Kier alpha value is -2.28. The lowest BCUT2D eigenvalue weighted by molar-refractivity contribution is -0.141. The van der Waals surface area contributed by atoms with E-state index in [0.717, 1.165) is 25.1 Å². The number of amides is 1. The first-order valence-corrected chi connectivity index (χ1v) is 7.35. The van der Waals surface area contributed by atoms with Gasteiger partial charge in [0.1, 0.15) is 5.54 Å². The minimum Gasteiger partial charge on any atom is -0.347 e. The first-order chi connectivity index (χ1) is 10.6. The summed E-state index contributed by atoms with van der Waals surface area (Å²) in [6, 6.07) is 0. The third-order valence-corrected chi connectivity index (χ3v) is 4.17. The average Bonchev–Trinajstić information content (AvgIpc) is 3.18. The summed E-state index contributed by atoms with van der Waals surface area (Å²) in [5, 5.41) is 0. The molecule has 0 radical (unpaired) electrons. The maximum absolute atomic E-state index is 13.0. The molecule has 3 rings (SSSR count). The van der Waals surface area contributed by atoms with Crippen molar-refractivity contribution in [3.63, 3.8) is 0 Å². The van der Waals surface area contributed by atoms with Crippen LogP contribution in [-0.4, -0.2) is 56.3 Å². The van der Waals surface area contributed by atoms with Crippen molar-refractivity contribution in [1.82, 2.24) is 29.7 Å². The van der Waals surface area contributed by atoms with Crippen molar-refractivity contribution >= 4 is 5.91 Å². The van der Waals surface area contributed by atoms with Crippen molar-refractivity contribution in [3.05, 3.63) is 42.5 Å². The summed E-state index contributed by atoms with van der Waals surface area (Å²) < 4.78 is 0. The fraction of sp³-hybridized carbons (Fsp3) is 0.467. The highest BCUT2D eigenvalue weighted by Gasteiger charge is 2.50. The molecule has 1 aliphatic rings. The van der Waals surface area contributed by atoms with E-state index < -0.39 is 5.54 Å². The predicted octanol–water partition coefficient (Wildman–Crippen LogP) is 0.779. The second-order valence-corrected chi connectivity index (χ2v) is 5.75. The molecule has 7 heteroatoms. The van der Waals surface area contributed by atoms with Gasteiger partial charge >= 0.3 is 0 Å². The quantitative estimate of drug-likeness (QED) is 0.903. The Kier molecular flexibility index (Phi) is 3.89. The van der Waals surface area contributed by atoms with E-state index in [1.165, 1.54) is 0 Å². The molecule has 2 aromatic rings. The molecule has 3 heterocycles. The number of hydrogen-bond acceptors (Lipinski definition) is 5. The Bertz CT molecular complexity index is 627. The highest BCUT2D eigenvalue weighted by molar-refractivity contribution is 5.87. The van der Waals surface area contributed by atoms with Crippen LogP contribution < -0.4 is 0 Å². The van der Waals surface area contributed by atoms with Crippen LogP contribution in [-0.2, 0) is 16.9 Å². The second kappa shape index (κ2) is 5.84. The van der Waals surface area contributed by atoms with Gasteiger partial charge in [0, 0.05) is 51.5 Å². The van der Waals surface area contributed by atoms with Gasteiger partial charge in [-0.3, -0.25) is 19.7 Å². The van der Waals surface area contributed by atoms with Gasteiger partial charge < -0.3 is 9.88 Å². The van der Waals surface area contributed by atoms with Crippen molar-refractivity contribution in [1.29, 1.82) is 0 Å². The molecule has 0 bridgehead atoms. The van der Waals surface area contributed by atoms with E-state index in [0.29, 0.717) is 12.2 Å². The SMILES string of the molecule is CN(C)C(=O)[C@]1(c2cnccn2)CCCN1Cc1cnc[nH]1. The van der Waals surface area contributed by atoms with Gasteiger partial charge in [0.05, 0.1) is 18.2 Å². The molecule has 0 spiro atoms. The van der Waals surface area contributed by atoms with E-state index in [1.54, 1.807) is 50.1 Å². The highest BCUT2D eigenvalue weighted by atomic mass is 16.2. The number of aromatic nitrogens is 4. The number of rotatable bonds is 4. The summed E-state index contributed by atoms with van der Waals surface area (Å²) in [6.07, 6.45) is 10.1. The van der Waals surface area contributed by atoms with Crippen LogP contribution in [0, 0.1) is 0 Å². The lowest BCUT2D eigenvalue weighted by atomic mass is 9.90. The first kappa shape index (κ1) is 14.6. The number of H-pyrrole nitrogens is 1. The van der Waals surface area contributed by atoms with Crippen LogP contribution in [0.5, 0.6) is 0 Å². The summed E-state index contributed by atoms with van der Waals surface area (Å²) in [7, 11) is 3.57. The number of likely N-dealkylation sites (tertiary alicyclic amines) is 1. The van der Waals surface area contributed by atoms with Crippen LogP contribution >= 0.6 is 0 Å². The van der Waals surface area contributed by atoms with Gasteiger partial charge in [-0.05, 0) is 12.8 Å². The van der Waals surface area contributed by atoms with Gasteiger partial charge in [-0.1, -0.05) is 0 Å². The molecule has 1 fully saturated rings. The summed E-state index contributed by atoms with van der Waals surface area (Å²) in [5.74, 6) is 0.0463. The lowest BCUT2D eigenvalue weighted by Gasteiger charge is -2.38. The van der Waals surface area contributed by atoms with E-state index in [4.69, 9.17) is 0 Å². The van der Waals surface area contributed by atoms with Crippen molar-refractivity contribution in [2.45, 2.75) is 24.9 Å². The molecule has 1 N–H and O–H groups in total. The Morgan fingerprint density at radius 2 is 2.23 bits per heavy atom. The van der Waals surface area contributed by atoms with Crippen LogP contribution in [0.15, 0.2) is 31.1 Å². The second-order valence-electron chi connectivity index (χ2n) is 5.75.